The minimum Gasteiger partial charge on any atom is -0.333 e. The van der Waals surface area contributed by atoms with Crippen molar-refractivity contribution in [2.45, 2.75) is 12.0 Å². The molecule has 2 atom stereocenters. The summed E-state index contributed by atoms with van der Waals surface area (Å²) in [6, 6.07) is 73.3. The lowest BCUT2D eigenvalue weighted by Gasteiger charge is -2.29. The normalized spacial score (nSPS) is 15.1. The number of fused-ring (bicyclic) bond motifs is 6. The van der Waals surface area contributed by atoms with Crippen molar-refractivity contribution in [3.63, 3.8) is 0 Å². The third kappa shape index (κ3) is 6.43. The van der Waals surface area contributed by atoms with Gasteiger partial charge < -0.3 is 4.90 Å². The number of rotatable bonds is 7. The minimum atomic E-state index is 0.162. The first kappa shape index (κ1) is 36.6. The van der Waals surface area contributed by atoms with Gasteiger partial charge in [0, 0.05) is 44.8 Å². The fraction of sp³-hybridized carbons (Fsp3) is 0.0339. The first-order valence-electron chi connectivity index (χ1n) is 21.6. The van der Waals surface area contributed by atoms with Crippen molar-refractivity contribution in [1.82, 2.24) is 15.0 Å². The van der Waals surface area contributed by atoms with Gasteiger partial charge in [0.05, 0.1) is 34.3 Å². The van der Waals surface area contributed by atoms with Gasteiger partial charge in [-0.25, -0.2) is 15.0 Å². The van der Waals surface area contributed by atoms with Crippen molar-refractivity contribution in [3.8, 4) is 67.4 Å². The summed E-state index contributed by atoms with van der Waals surface area (Å²) in [4.78, 5) is 18.2. The number of allylic oxidation sites excluding steroid dienone is 2. The van der Waals surface area contributed by atoms with E-state index in [1.165, 1.54) is 44.2 Å². The van der Waals surface area contributed by atoms with Gasteiger partial charge in [-0.05, 0) is 57.3 Å². The molecule has 0 radical (unpaired) electrons. The van der Waals surface area contributed by atoms with Crippen molar-refractivity contribution in [1.29, 1.82) is 0 Å². The average Bonchev–Trinajstić information content (AvgIpc) is 3.72. The average molecular weight is 805 g/mol. The molecular weight excluding hydrogens is 765 g/mol. The van der Waals surface area contributed by atoms with Gasteiger partial charge in [-0.15, -0.1) is 0 Å². The summed E-state index contributed by atoms with van der Waals surface area (Å²) in [6.45, 7) is 0. The Kier molecular flexibility index (Phi) is 8.93. The first-order chi connectivity index (χ1) is 31.2. The van der Waals surface area contributed by atoms with Crippen LogP contribution < -0.4 is 4.90 Å². The van der Waals surface area contributed by atoms with Crippen LogP contribution in [-0.2, 0) is 0 Å². The fourth-order valence-electron chi connectivity index (χ4n) is 9.66. The Morgan fingerprint density at radius 2 is 0.984 bits per heavy atom. The highest BCUT2D eigenvalue weighted by atomic mass is 15.2. The molecule has 0 spiro atoms. The molecule has 0 amide bonds. The molecule has 1 aliphatic carbocycles. The van der Waals surface area contributed by atoms with Crippen LogP contribution in [0.5, 0.6) is 0 Å². The van der Waals surface area contributed by atoms with E-state index in [1.807, 2.05) is 12.1 Å². The van der Waals surface area contributed by atoms with Crippen molar-refractivity contribution < 1.29 is 0 Å². The van der Waals surface area contributed by atoms with Crippen LogP contribution in [0.1, 0.15) is 11.5 Å². The van der Waals surface area contributed by atoms with Gasteiger partial charge in [0.1, 0.15) is 0 Å². The summed E-state index contributed by atoms with van der Waals surface area (Å²) in [6.07, 6.45) is 9.05. The third-order valence-electron chi connectivity index (χ3n) is 12.6. The Hall–Kier alpha value is -8.21. The van der Waals surface area contributed by atoms with Crippen LogP contribution in [0.3, 0.4) is 0 Å². The Morgan fingerprint density at radius 1 is 0.413 bits per heavy atom. The molecule has 4 nitrogen and oxygen atoms in total. The summed E-state index contributed by atoms with van der Waals surface area (Å²) in [7, 11) is 0. The lowest BCUT2D eigenvalue weighted by Crippen LogP contribution is -2.28. The zero-order chi connectivity index (χ0) is 41.7. The van der Waals surface area contributed by atoms with Gasteiger partial charge in [0.25, 0.3) is 0 Å². The first-order valence-corrected chi connectivity index (χ1v) is 21.6. The van der Waals surface area contributed by atoms with Crippen LogP contribution in [-0.4, -0.2) is 21.0 Å². The van der Waals surface area contributed by atoms with Crippen LogP contribution >= 0.6 is 0 Å². The molecule has 3 heterocycles. The van der Waals surface area contributed by atoms with Crippen molar-refractivity contribution in [2.24, 2.45) is 0 Å². The molecule has 10 aromatic rings. The number of hydrogen-bond donors (Lipinski definition) is 0. The molecule has 0 bridgehead atoms. The summed E-state index contributed by atoms with van der Waals surface area (Å²) < 4.78 is 0. The van der Waals surface area contributed by atoms with Crippen LogP contribution in [0, 0.1) is 0 Å². The number of anilines is 2. The summed E-state index contributed by atoms with van der Waals surface area (Å²) in [5.41, 5.74) is 16.4. The smallest absolute Gasteiger partial charge is 0.160 e. The molecule has 296 valence electrons. The lowest BCUT2D eigenvalue weighted by molar-refractivity contribution is 0.745. The third-order valence-corrected chi connectivity index (χ3v) is 12.6. The van der Waals surface area contributed by atoms with Gasteiger partial charge >= 0.3 is 0 Å². The van der Waals surface area contributed by atoms with E-state index < -0.39 is 0 Å². The molecule has 2 aromatic heterocycles. The van der Waals surface area contributed by atoms with E-state index in [-0.39, 0.29) is 12.0 Å². The summed E-state index contributed by atoms with van der Waals surface area (Å²) in [5.74, 6) is 0.866. The highest BCUT2D eigenvalue weighted by Crippen LogP contribution is 2.53. The molecule has 8 aromatic carbocycles. The fourth-order valence-corrected chi connectivity index (χ4v) is 9.66. The van der Waals surface area contributed by atoms with E-state index in [1.54, 1.807) is 0 Å². The number of benzene rings is 8. The second-order valence-corrected chi connectivity index (χ2v) is 16.3. The topological polar surface area (TPSA) is 41.9 Å². The molecule has 0 saturated heterocycles. The molecule has 0 fully saturated rings. The standard InChI is InChI=1S/C59H40N4/c1-4-17-41(18-5-1)52-38-53(42-19-6-2-7-20-42)62-59(61-52)45-34-30-43(31-35-45)55-47-23-11-10-16-39(47)36-37-48(55)40-28-32-44(33-29-40)57-56-50-25-13-15-27-54(50)63(46-21-8-3-9-22-46)58(56)49-24-12-14-26-51(49)60-57/h1-38,50,54H. The second kappa shape index (κ2) is 15.4. The molecule has 12 rings (SSSR count). The van der Waals surface area contributed by atoms with Crippen molar-refractivity contribution in [2.75, 3.05) is 4.90 Å². The lowest BCUT2D eigenvalue weighted by atomic mass is 9.87. The maximum absolute atomic E-state index is 5.43. The van der Waals surface area contributed by atoms with Crippen molar-refractivity contribution in [3.05, 3.63) is 236 Å². The number of nitrogens with zero attached hydrogens (tertiary/aromatic N) is 4. The number of aromatic nitrogens is 3. The number of pyridine rings is 1. The monoisotopic (exact) mass is 804 g/mol. The zero-order valence-electron chi connectivity index (χ0n) is 34.4. The van der Waals surface area contributed by atoms with E-state index in [9.17, 15) is 0 Å². The highest BCUT2D eigenvalue weighted by molar-refractivity contribution is 6.05. The Bertz CT molecular complexity index is 3320. The predicted octanol–water partition coefficient (Wildman–Crippen LogP) is 14.9. The van der Waals surface area contributed by atoms with Gasteiger partial charge in [-0.1, -0.05) is 206 Å². The Labute approximate surface area is 366 Å². The van der Waals surface area contributed by atoms with Gasteiger partial charge in [0.2, 0.25) is 0 Å². The van der Waals surface area contributed by atoms with E-state index in [0.717, 1.165) is 56.0 Å². The van der Waals surface area contributed by atoms with E-state index in [4.69, 9.17) is 15.0 Å². The van der Waals surface area contributed by atoms with Crippen LogP contribution in [0.25, 0.3) is 89.1 Å². The van der Waals surface area contributed by atoms with Gasteiger partial charge in [-0.3, -0.25) is 0 Å². The van der Waals surface area contributed by atoms with Crippen molar-refractivity contribution >= 4 is 33.1 Å². The van der Waals surface area contributed by atoms with Gasteiger partial charge in [-0.2, -0.15) is 0 Å². The number of hydrogen-bond acceptors (Lipinski definition) is 4. The maximum atomic E-state index is 5.43. The van der Waals surface area contributed by atoms with E-state index in [0.29, 0.717) is 5.82 Å². The maximum Gasteiger partial charge on any atom is 0.160 e. The minimum absolute atomic E-state index is 0.162. The SMILES string of the molecule is C1=CC2c3c(-c4ccc(-c5ccc6ccccc6c5-c5ccc(-c6nc(-c7ccccc7)cc(-c7ccccc7)n6)cc5)cc4)nc4ccccc4c3N(c3ccccc3)C2C=C1. The summed E-state index contributed by atoms with van der Waals surface area (Å²) in [5, 5.41) is 3.58. The molecule has 63 heavy (non-hydrogen) atoms. The number of para-hydroxylation sites is 2. The molecule has 2 unspecified atom stereocenters. The molecule has 2 aliphatic rings. The molecule has 1 aliphatic heterocycles. The molecule has 0 saturated carbocycles. The Morgan fingerprint density at radius 3 is 1.70 bits per heavy atom. The largest absolute Gasteiger partial charge is 0.333 e. The van der Waals surface area contributed by atoms with Crippen LogP contribution in [0.2, 0.25) is 0 Å². The Balaban J connectivity index is 0.958. The summed E-state index contributed by atoms with van der Waals surface area (Å²) >= 11 is 0. The molecule has 0 N–H and O–H groups in total. The second-order valence-electron chi connectivity index (χ2n) is 16.3. The van der Waals surface area contributed by atoms with E-state index in [2.05, 4.69) is 223 Å². The van der Waals surface area contributed by atoms with Gasteiger partial charge in [0.15, 0.2) is 5.82 Å². The molecule has 4 heteroatoms. The predicted molar refractivity (Wildman–Crippen MR) is 261 cm³/mol. The van der Waals surface area contributed by atoms with Crippen LogP contribution in [0.4, 0.5) is 11.4 Å². The quantitative estimate of drug-likeness (QED) is 0.161. The highest BCUT2D eigenvalue weighted by Gasteiger charge is 2.41. The zero-order valence-corrected chi connectivity index (χ0v) is 34.4. The van der Waals surface area contributed by atoms with Crippen LogP contribution in [0.15, 0.2) is 231 Å². The molecular formula is C59H40N4. The van der Waals surface area contributed by atoms with E-state index >= 15 is 0 Å².